The van der Waals surface area contributed by atoms with Crippen LogP contribution in [0.3, 0.4) is 0 Å². The fourth-order valence-electron chi connectivity index (χ4n) is 6.62. The maximum Gasteiger partial charge on any atom is 0.341 e. The molecular weight excluding hydrogens is 576 g/mol. The van der Waals surface area contributed by atoms with E-state index in [-0.39, 0.29) is 13.2 Å². The van der Waals surface area contributed by atoms with E-state index in [2.05, 4.69) is 88.4 Å². The first-order valence-electron chi connectivity index (χ1n) is 16.3. The van der Waals surface area contributed by atoms with E-state index in [0.29, 0.717) is 44.3 Å². The molecule has 242 valence electrons. The van der Waals surface area contributed by atoms with Crippen LogP contribution < -0.4 is 4.74 Å². The predicted molar refractivity (Wildman–Crippen MR) is 182 cm³/mol. The van der Waals surface area contributed by atoms with E-state index in [1.165, 1.54) is 50.1 Å². The molecule has 4 aromatic rings. The number of ether oxygens (including phenoxy) is 5. The molecule has 0 aromatic heterocycles. The lowest BCUT2D eigenvalue weighted by atomic mass is 9.65. The van der Waals surface area contributed by atoms with Gasteiger partial charge in [-0.05, 0) is 85.2 Å². The van der Waals surface area contributed by atoms with Gasteiger partial charge in [0.05, 0.1) is 45.1 Å². The van der Waals surface area contributed by atoms with Gasteiger partial charge in [-0.2, -0.15) is 0 Å². The first kappa shape index (κ1) is 33.4. The molecular formula is C40H46O6. The molecule has 46 heavy (non-hydrogen) atoms. The van der Waals surface area contributed by atoms with Crippen LogP contribution in [0.25, 0.3) is 11.1 Å². The van der Waals surface area contributed by atoms with E-state index in [1.807, 2.05) is 19.1 Å². The molecule has 5 rings (SSSR count). The van der Waals surface area contributed by atoms with Gasteiger partial charge in [-0.15, -0.1) is 0 Å². The highest BCUT2D eigenvalue weighted by atomic mass is 16.6. The fraction of sp³-hybridized carbons (Fsp3) is 0.375. The van der Waals surface area contributed by atoms with Gasteiger partial charge in [-0.3, -0.25) is 0 Å². The minimum Gasteiger partial charge on any atom is -0.490 e. The average Bonchev–Trinajstić information content (AvgIpc) is 3.33. The lowest BCUT2D eigenvalue weighted by Crippen LogP contribution is -2.30. The monoisotopic (exact) mass is 622 g/mol. The number of hydrogen-bond acceptors (Lipinski definition) is 6. The summed E-state index contributed by atoms with van der Waals surface area (Å²) in [5.41, 5.74) is 11.7. The minimum absolute atomic E-state index is 0.266. The van der Waals surface area contributed by atoms with E-state index < -0.39 is 11.4 Å². The molecule has 0 bridgehead atoms. The van der Waals surface area contributed by atoms with Gasteiger partial charge >= 0.3 is 5.97 Å². The molecule has 1 aliphatic carbocycles. The van der Waals surface area contributed by atoms with Crippen LogP contribution in [0.1, 0.15) is 68.7 Å². The molecule has 6 nitrogen and oxygen atoms in total. The highest BCUT2D eigenvalue weighted by Gasteiger charge is 2.47. The molecule has 4 aromatic carbocycles. The number of benzene rings is 4. The van der Waals surface area contributed by atoms with Crippen molar-refractivity contribution in [3.63, 3.8) is 0 Å². The number of carbonyl (C=O) groups is 1. The first-order chi connectivity index (χ1) is 22.3. The first-order valence-corrected chi connectivity index (χ1v) is 16.3. The Morgan fingerprint density at radius 2 is 1.24 bits per heavy atom. The van der Waals surface area contributed by atoms with Crippen molar-refractivity contribution >= 4 is 5.97 Å². The zero-order valence-corrected chi connectivity index (χ0v) is 28.0. The van der Waals surface area contributed by atoms with E-state index in [9.17, 15) is 4.79 Å². The summed E-state index contributed by atoms with van der Waals surface area (Å²) in [4.78, 5) is 13.5. The largest absolute Gasteiger partial charge is 0.490 e. The van der Waals surface area contributed by atoms with Crippen molar-refractivity contribution in [1.82, 2.24) is 0 Å². The standard InChI is InChI=1S/C40H46O6/c1-7-30-23-27(3)11-15-35(30)40(36-24-28(4)9-13-32(36)33-14-10-29(5)25-37(33)40)31-12-16-38(34(26-31)39(41)45-8-2)46-22-21-44-20-19-43-18-17-42-6/h9-16,23-26H,7-8,17-22H2,1-6H3. The summed E-state index contributed by atoms with van der Waals surface area (Å²) < 4.78 is 27.9. The van der Waals surface area contributed by atoms with Crippen LogP contribution in [0.15, 0.2) is 72.8 Å². The van der Waals surface area contributed by atoms with Gasteiger partial charge in [0.25, 0.3) is 0 Å². The third-order valence-electron chi connectivity index (χ3n) is 8.69. The summed E-state index contributed by atoms with van der Waals surface area (Å²) in [6, 6.07) is 26.3. The number of fused-ring (bicyclic) bond motifs is 3. The molecule has 0 atom stereocenters. The van der Waals surface area contributed by atoms with Gasteiger partial charge < -0.3 is 23.7 Å². The van der Waals surface area contributed by atoms with E-state index >= 15 is 0 Å². The molecule has 0 heterocycles. The van der Waals surface area contributed by atoms with Gasteiger partial charge in [0.2, 0.25) is 0 Å². The van der Waals surface area contributed by atoms with Crippen LogP contribution in [0, 0.1) is 20.8 Å². The molecule has 6 heteroatoms. The van der Waals surface area contributed by atoms with Crippen molar-refractivity contribution in [2.45, 2.75) is 46.5 Å². The van der Waals surface area contributed by atoms with Crippen molar-refractivity contribution in [2.24, 2.45) is 0 Å². The summed E-state index contributed by atoms with van der Waals surface area (Å²) in [5, 5.41) is 0. The second-order valence-corrected chi connectivity index (χ2v) is 11.9. The molecule has 0 spiro atoms. The predicted octanol–water partition coefficient (Wildman–Crippen LogP) is 7.77. The summed E-state index contributed by atoms with van der Waals surface area (Å²) >= 11 is 0. The lowest BCUT2D eigenvalue weighted by Gasteiger charge is -2.36. The second kappa shape index (κ2) is 15.1. The van der Waals surface area contributed by atoms with E-state index in [4.69, 9.17) is 23.7 Å². The lowest BCUT2D eigenvalue weighted by molar-refractivity contribution is 0.0178. The Labute approximate surface area is 273 Å². The highest BCUT2D eigenvalue weighted by molar-refractivity contribution is 5.94. The van der Waals surface area contributed by atoms with Crippen LogP contribution in [0.4, 0.5) is 0 Å². The molecule has 0 radical (unpaired) electrons. The summed E-state index contributed by atoms with van der Waals surface area (Å²) in [6.45, 7) is 13.4. The van der Waals surface area contributed by atoms with E-state index in [0.717, 1.165) is 12.0 Å². The third kappa shape index (κ3) is 6.61. The maximum absolute atomic E-state index is 13.5. The number of hydrogen-bond donors (Lipinski definition) is 0. The zero-order valence-electron chi connectivity index (χ0n) is 28.0. The molecule has 0 unspecified atom stereocenters. The Hall–Kier alpha value is -3.97. The van der Waals surface area contributed by atoms with Crippen LogP contribution >= 0.6 is 0 Å². The summed E-state index contributed by atoms with van der Waals surface area (Å²) in [6.07, 6.45) is 0.879. The smallest absolute Gasteiger partial charge is 0.341 e. The molecule has 0 fully saturated rings. The normalized spacial score (nSPS) is 12.9. The van der Waals surface area contributed by atoms with Gasteiger partial charge in [0, 0.05) is 7.11 Å². The summed E-state index contributed by atoms with van der Waals surface area (Å²) in [7, 11) is 1.65. The third-order valence-corrected chi connectivity index (χ3v) is 8.69. The van der Waals surface area contributed by atoms with E-state index in [1.54, 1.807) is 7.11 Å². The molecule has 0 N–H and O–H groups in total. The molecule has 0 aliphatic heterocycles. The minimum atomic E-state index is -0.645. The van der Waals surface area contributed by atoms with Gasteiger partial charge in [-0.1, -0.05) is 84.3 Å². The van der Waals surface area contributed by atoms with Crippen molar-refractivity contribution in [3.05, 3.63) is 123 Å². The fourth-order valence-corrected chi connectivity index (χ4v) is 6.62. The number of carbonyl (C=O) groups excluding carboxylic acids is 1. The number of methoxy groups -OCH3 is 1. The Kier molecular flexibility index (Phi) is 10.9. The van der Waals surface area contributed by atoms with Crippen molar-refractivity contribution in [2.75, 3.05) is 53.4 Å². The van der Waals surface area contributed by atoms with Crippen molar-refractivity contribution in [1.29, 1.82) is 0 Å². The Morgan fingerprint density at radius 1 is 0.652 bits per heavy atom. The number of rotatable bonds is 15. The Morgan fingerprint density at radius 3 is 1.85 bits per heavy atom. The SMILES string of the molecule is CCOC(=O)c1cc(C2(c3ccc(C)cc3CC)c3cc(C)ccc3-c3ccc(C)cc32)ccc1OCCOCCOCCOC. The second-order valence-electron chi connectivity index (χ2n) is 11.9. The van der Waals surface area contributed by atoms with Crippen molar-refractivity contribution in [3.8, 4) is 16.9 Å². The molecule has 0 amide bonds. The van der Waals surface area contributed by atoms with Crippen LogP contribution in [0.2, 0.25) is 0 Å². The summed E-state index contributed by atoms with van der Waals surface area (Å²) in [5.74, 6) is 0.0670. The van der Waals surface area contributed by atoms with Gasteiger partial charge in [0.1, 0.15) is 17.9 Å². The number of esters is 1. The zero-order chi connectivity index (χ0) is 32.7. The van der Waals surface area contributed by atoms with Gasteiger partial charge in [-0.25, -0.2) is 4.79 Å². The topological polar surface area (TPSA) is 63.2 Å². The van der Waals surface area contributed by atoms with Crippen LogP contribution in [-0.2, 0) is 30.8 Å². The molecule has 0 saturated carbocycles. The van der Waals surface area contributed by atoms with Crippen molar-refractivity contribution < 1.29 is 28.5 Å². The number of aryl methyl sites for hydroxylation is 4. The maximum atomic E-state index is 13.5. The highest BCUT2D eigenvalue weighted by Crippen LogP contribution is 2.57. The Balaban J connectivity index is 1.62. The van der Waals surface area contributed by atoms with Crippen LogP contribution in [-0.4, -0.2) is 59.3 Å². The average molecular weight is 623 g/mol. The molecule has 0 saturated heterocycles. The quantitative estimate of drug-likeness (QED) is 0.0878. The van der Waals surface area contributed by atoms with Gasteiger partial charge in [0.15, 0.2) is 0 Å². The Bertz CT molecular complexity index is 1620. The molecule has 1 aliphatic rings. The van der Waals surface area contributed by atoms with Crippen LogP contribution in [0.5, 0.6) is 5.75 Å².